The molecule has 0 saturated carbocycles. The van der Waals surface area contributed by atoms with Gasteiger partial charge in [-0.3, -0.25) is 4.57 Å². The zero-order valence-corrected chi connectivity index (χ0v) is 32.6. The molecule has 0 N–H and O–H groups in total. The van der Waals surface area contributed by atoms with Crippen molar-refractivity contribution in [3.63, 3.8) is 0 Å². The standard InChI is InChI=1S/C52H30N4S2/c1-2-12-33(13-3-1)55-42-18-8-4-16-36(42)50-44(55)24-25-45-51(50)37-17-5-9-19-43(37)56(45)52-53-40(31-22-26-48-38(28-31)34-14-6-10-20-46(34)57-48)30-41(54-52)32-23-27-49-39(29-32)35-15-7-11-21-47(35)58-49/h1-30H. The Morgan fingerprint density at radius 3 is 1.34 bits per heavy atom. The number of hydrogen-bond donors (Lipinski definition) is 0. The molecule has 0 bridgehead atoms. The molecule has 0 aliphatic carbocycles. The van der Waals surface area contributed by atoms with Gasteiger partial charge in [0.1, 0.15) is 0 Å². The molecule has 0 unspecified atom stereocenters. The lowest BCUT2D eigenvalue weighted by atomic mass is 10.0. The molecule has 6 heteroatoms. The number of fused-ring (bicyclic) bond motifs is 13. The Morgan fingerprint density at radius 1 is 0.328 bits per heavy atom. The van der Waals surface area contributed by atoms with Crippen molar-refractivity contribution in [3.05, 3.63) is 182 Å². The third kappa shape index (κ3) is 4.61. The molecular weight excluding hydrogens is 745 g/mol. The minimum Gasteiger partial charge on any atom is -0.309 e. The van der Waals surface area contributed by atoms with Gasteiger partial charge in [0.05, 0.1) is 33.5 Å². The lowest BCUT2D eigenvalue weighted by Crippen LogP contribution is -2.04. The summed E-state index contributed by atoms with van der Waals surface area (Å²) in [6.45, 7) is 0. The van der Waals surface area contributed by atoms with Crippen molar-refractivity contribution < 1.29 is 0 Å². The second-order valence-corrected chi connectivity index (χ2v) is 17.1. The van der Waals surface area contributed by atoms with Gasteiger partial charge in [-0.1, -0.05) is 103 Å². The summed E-state index contributed by atoms with van der Waals surface area (Å²) in [4.78, 5) is 11.0. The first-order valence-corrected chi connectivity index (χ1v) is 21.1. The van der Waals surface area contributed by atoms with Crippen LogP contribution in [0.3, 0.4) is 0 Å². The largest absolute Gasteiger partial charge is 0.309 e. The maximum Gasteiger partial charge on any atom is 0.235 e. The molecule has 5 heterocycles. The van der Waals surface area contributed by atoms with Crippen molar-refractivity contribution in [1.82, 2.24) is 19.1 Å². The maximum atomic E-state index is 5.49. The molecule has 0 radical (unpaired) electrons. The number of thiophene rings is 2. The molecule has 58 heavy (non-hydrogen) atoms. The van der Waals surface area contributed by atoms with Crippen molar-refractivity contribution in [2.75, 3.05) is 0 Å². The van der Waals surface area contributed by atoms with Crippen molar-refractivity contribution >= 4 is 107 Å². The Morgan fingerprint density at radius 2 is 0.776 bits per heavy atom. The maximum absolute atomic E-state index is 5.49. The first-order valence-electron chi connectivity index (χ1n) is 19.5. The summed E-state index contributed by atoms with van der Waals surface area (Å²) in [5, 5.41) is 9.87. The monoisotopic (exact) mass is 774 g/mol. The topological polar surface area (TPSA) is 35.6 Å². The fourth-order valence-electron chi connectivity index (χ4n) is 9.19. The molecule has 0 fully saturated rings. The average molecular weight is 775 g/mol. The van der Waals surface area contributed by atoms with Crippen LogP contribution in [0.4, 0.5) is 0 Å². The number of nitrogens with zero attached hydrogens (tertiary/aromatic N) is 4. The molecule has 0 aliphatic rings. The zero-order valence-electron chi connectivity index (χ0n) is 30.9. The van der Waals surface area contributed by atoms with Crippen LogP contribution in [-0.2, 0) is 0 Å². The number of hydrogen-bond acceptors (Lipinski definition) is 4. The van der Waals surface area contributed by atoms with Crippen molar-refractivity contribution in [2.24, 2.45) is 0 Å². The van der Waals surface area contributed by atoms with E-state index in [1.54, 1.807) is 0 Å². The predicted octanol–water partition coefficient (Wildman–Crippen LogP) is 14.7. The normalized spacial score (nSPS) is 12.1. The van der Waals surface area contributed by atoms with Crippen LogP contribution in [0.5, 0.6) is 0 Å². The molecular formula is C52H30N4S2. The highest BCUT2D eigenvalue weighted by molar-refractivity contribution is 7.26. The van der Waals surface area contributed by atoms with Crippen molar-refractivity contribution in [3.8, 4) is 34.2 Å². The number of para-hydroxylation sites is 3. The van der Waals surface area contributed by atoms with Crippen LogP contribution in [0.25, 0.3) is 118 Å². The Hall–Kier alpha value is -7.12. The Balaban J connectivity index is 1.12. The van der Waals surface area contributed by atoms with Crippen molar-refractivity contribution in [1.29, 1.82) is 0 Å². The van der Waals surface area contributed by atoms with Gasteiger partial charge in [-0.2, -0.15) is 0 Å². The lowest BCUT2D eigenvalue weighted by Gasteiger charge is -2.12. The van der Waals surface area contributed by atoms with Crippen LogP contribution in [0.1, 0.15) is 0 Å². The van der Waals surface area contributed by atoms with E-state index < -0.39 is 0 Å². The van der Waals surface area contributed by atoms with Gasteiger partial charge in [-0.15, -0.1) is 22.7 Å². The van der Waals surface area contributed by atoms with Gasteiger partial charge in [-0.05, 0) is 78.9 Å². The van der Waals surface area contributed by atoms with E-state index in [2.05, 4.69) is 191 Å². The molecule has 4 nitrogen and oxygen atoms in total. The fraction of sp³-hybridized carbons (Fsp3) is 0. The molecule has 0 saturated heterocycles. The minimum absolute atomic E-state index is 0.649. The van der Waals surface area contributed by atoms with E-state index in [0.717, 1.165) is 39.2 Å². The fourth-order valence-corrected chi connectivity index (χ4v) is 11.4. The third-order valence-corrected chi connectivity index (χ3v) is 14.0. The average Bonchev–Trinajstić information content (AvgIpc) is 4.03. The zero-order chi connectivity index (χ0) is 37.9. The Bertz CT molecular complexity index is 3680. The van der Waals surface area contributed by atoms with Crippen LogP contribution in [0.15, 0.2) is 182 Å². The molecule has 0 amide bonds. The number of aromatic nitrogens is 4. The summed E-state index contributed by atoms with van der Waals surface area (Å²) in [5.74, 6) is 0.649. The van der Waals surface area contributed by atoms with Gasteiger partial charge >= 0.3 is 0 Å². The summed E-state index contributed by atoms with van der Waals surface area (Å²) in [6, 6.07) is 65.8. The second kappa shape index (κ2) is 12.2. The van der Waals surface area contributed by atoms with Crippen LogP contribution in [0, 0.1) is 0 Å². The van der Waals surface area contributed by atoms with E-state index in [9.17, 15) is 0 Å². The van der Waals surface area contributed by atoms with E-state index in [1.165, 1.54) is 72.9 Å². The predicted molar refractivity (Wildman–Crippen MR) is 247 cm³/mol. The Kier molecular flexibility index (Phi) is 6.73. The molecule has 0 aliphatic heterocycles. The quantitative estimate of drug-likeness (QED) is 0.178. The van der Waals surface area contributed by atoms with Crippen LogP contribution >= 0.6 is 22.7 Å². The van der Waals surface area contributed by atoms with Gasteiger partial charge in [-0.25, -0.2) is 9.97 Å². The highest BCUT2D eigenvalue weighted by atomic mass is 32.1. The van der Waals surface area contributed by atoms with E-state index in [0.29, 0.717) is 5.95 Å². The van der Waals surface area contributed by atoms with Crippen LogP contribution in [0.2, 0.25) is 0 Å². The summed E-state index contributed by atoms with van der Waals surface area (Å²) >= 11 is 3.67. The molecule has 13 aromatic rings. The first-order chi connectivity index (χ1) is 28.7. The highest BCUT2D eigenvalue weighted by Gasteiger charge is 2.22. The minimum atomic E-state index is 0.649. The van der Waals surface area contributed by atoms with Gasteiger partial charge in [0.25, 0.3) is 0 Å². The van der Waals surface area contributed by atoms with Gasteiger partial charge in [0.15, 0.2) is 0 Å². The van der Waals surface area contributed by atoms with Crippen LogP contribution < -0.4 is 0 Å². The lowest BCUT2D eigenvalue weighted by molar-refractivity contribution is 0.996. The highest BCUT2D eigenvalue weighted by Crippen LogP contribution is 2.43. The van der Waals surface area contributed by atoms with Gasteiger partial charge < -0.3 is 4.57 Å². The summed E-state index contributed by atoms with van der Waals surface area (Å²) in [7, 11) is 0. The SMILES string of the molecule is c1ccc(-n2c3ccccc3c3c4c5ccccc5n(-c5nc(-c6ccc7sc8ccccc8c7c6)cc(-c6ccc7sc8ccccc8c7c6)n5)c4ccc32)cc1. The third-order valence-electron chi connectivity index (χ3n) is 11.7. The summed E-state index contributed by atoms with van der Waals surface area (Å²) in [5.41, 5.74) is 9.55. The molecule has 270 valence electrons. The van der Waals surface area contributed by atoms with E-state index in [4.69, 9.17) is 9.97 Å². The molecule has 13 rings (SSSR count). The van der Waals surface area contributed by atoms with E-state index >= 15 is 0 Å². The van der Waals surface area contributed by atoms with E-state index in [1.807, 2.05) is 22.7 Å². The van der Waals surface area contributed by atoms with Gasteiger partial charge in [0.2, 0.25) is 5.95 Å². The summed E-state index contributed by atoms with van der Waals surface area (Å²) in [6.07, 6.45) is 0. The van der Waals surface area contributed by atoms with E-state index in [-0.39, 0.29) is 0 Å². The summed E-state index contributed by atoms with van der Waals surface area (Å²) < 4.78 is 9.80. The first kappa shape index (κ1) is 32.0. The number of benzene rings is 8. The number of rotatable bonds is 4. The molecule has 8 aromatic carbocycles. The molecule has 0 atom stereocenters. The smallest absolute Gasteiger partial charge is 0.235 e. The molecule has 0 spiro atoms. The second-order valence-electron chi connectivity index (χ2n) is 15.0. The van der Waals surface area contributed by atoms with Crippen molar-refractivity contribution in [2.45, 2.75) is 0 Å². The Labute approximate surface area is 340 Å². The van der Waals surface area contributed by atoms with Gasteiger partial charge in [0, 0.05) is 78.7 Å². The van der Waals surface area contributed by atoms with Crippen LogP contribution in [-0.4, -0.2) is 19.1 Å². The molecule has 5 aromatic heterocycles.